The summed E-state index contributed by atoms with van der Waals surface area (Å²) in [6, 6.07) is 14.4. The van der Waals surface area contributed by atoms with Crippen molar-refractivity contribution in [2.45, 2.75) is 38.1 Å². The van der Waals surface area contributed by atoms with E-state index in [-0.39, 0.29) is 0 Å². The van der Waals surface area contributed by atoms with E-state index in [0.717, 1.165) is 61.2 Å². The van der Waals surface area contributed by atoms with Crippen LogP contribution in [0.15, 0.2) is 54.7 Å². The van der Waals surface area contributed by atoms with Crippen LogP contribution < -0.4 is 10.6 Å². The first-order chi connectivity index (χ1) is 14.7. The molecule has 1 aliphatic heterocycles. The Morgan fingerprint density at radius 3 is 2.57 bits per heavy atom. The number of nitrogens with one attached hydrogen (secondary N) is 2. The second-order valence-corrected chi connectivity index (χ2v) is 7.74. The maximum Gasteiger partial charge on any atom is 0.128 e. The van der Waals surface area contributed by atoms with E-state index in [9.17, 15) is 8.78 Å². The largest absolute Gasteiger partial charge is 0.382 e. The number of halogens is 2. The van der Waals surface area contributed by atoms with Crippen molar-refractivity contribution in [1.82, 2.24) is 15.3 Å². The van der Waals surface area contributed by atoms with Crippen LogP contribution in [0.4, 0.5) is 14.5 Å². The second kappa shape index (κ2) is 9.76. The van der Waals surface area contributed by atoms with Gasteiger partial charge in [-0.3, -0.25) is 0 Å². The quantitative estimate of drug-likeness (QED) is 0.592. The van der Waals surface area contributed by atoms with Gasteiger partial charge in [0.25, 0.3) is 0 Å². The van der Waals surface area contributed by atoms with E-state index in [2.05, 4.69) is 33.8 Å². The molecule has 1 aliphatic rings. The summed E-state index contributed by atoms with van der Waals surface area (Å²) in [5.41, 5.74) is 3.68. The molecule has 1 aromatic heterocycles. The molecule has 0 amide bonds. The average molecular weight is 408 g/mol. The maximum atomic E-state index is 13.3. The molecule has 0 radical (unpaired) electrons. The molecule has 0 unspecified atom stereocenters. The van der Waals surface area contributed by atoms with Crippen molar-refractivity contribution in [2.75, 3.05) is 18.4 Å². The van der Waals surface area contributed by atoms with Gasteiger partial charge in [-0.2, -0.15) is 0 Å². The predicted molar refractivity (Wildman–Crippen MR) is 115 cm³/mol. The van der Waals surface area contributed by atoms with Gasteiger partial charge in [-0.05, 0) is 74.7 Å². The number of aryl methyl sites for hydroxylation is 2. The second-order valence-electron chi connectivity index (χ2n) is 7.74. The Balaban J connectivity index is 1.39. The van der Waals surface area contributed by atoms with E-state index in [4.69, 9.17) is 4.98 Å². The normalized spacial score (nSPS) is 14.6. The molecule has 0 bridgehead atoms. The minimum absolute atomic E-state index is 0.495. The lowest BCUT2D eigenvalue weighted by Crippen LogP contribution is -2.35. The SMILES string of the molecule is Fc1cc(F)cc(CCCc2nccc(-c3cccc(NC4CCNCC4)c3)n2)c1. The third kappa shape index (κ3) is 5.60. The summed E-state index contributed by atoms with van der Waals surface area (Å²) in [4.78, 5) is 9.07. The number of hydrogen-bond donors (Lipinski definition) is 2. The van der Waals surface area contributed by atoms with Crippen molar-refractivity contribution in [1.29, 1.82) is 0 Å². The van der Waals surface area contributed by atoms with Crippen molar-refractivity contribution in [3.05, 3.63) is 77.8 Å². The van der Waals surface area contributed by atoms with Crippen LogP contribution >= 0.6 is 0 Å². The monoisotopic (exact) mass is 408 g/mol. The van der Waals surface area contributed by atoms with Crippen molar-refractivity contribution in [3.8, 4) is 11.3 Å². The number of nitrogens with zero attached hydrogens (tertiary/aromatic N) is 2. The van der Waals surface area contributed by atoms with Gasteiger partial charge in [-0.1, -0.05) is 12.1 Å². The summed E-state index contributed by atoms with van der Waals surface area (Å²) in [7, 11) is 0. The van der Waals surface area contributed by atoms with Crippen LogP contribution in [0.3, 0.4) is 0 Å². The summed E-state index contributed by atoms with van der Waals surface area (Å²) in [6.45, 7) is 2.10. The minimum atomic E-state index is -0.541. The Kier molecular flexibility index (Phi) is 6.64. The Morgan fingerprint density at radius 2 is 1.77 bits per heavy atom. The van der Waals surface area contributed by atoms with Crippen LogP contribution in [0, 0.1) is 11.6 Å². The fourth-order valence-corrected chi connectivity index (χ4v) is 3.86. The van der Waals surface area contributed by atoms with Gasteiger partial charge in [-0.25, -0.2) is 18.7 Å². The van der Waals surface area contributed by atoms with Crippen LogP contribution in [0.5, 0.6) is 0 Å². The van der Waals surface area contributed by atoms with Gasteiger partial charge in [0.2, 0.25) is 0 Å². The molecule has 0 spiro atoms. The summed E-state index contributed by atoms with van der Waals surface area (Å²) < 4.78 is 26.7. The highest BCUT2D eigenvalue weighted by Gasteiger charge is 2.13. The molecule has 1 saturated heterocycles. The molecule has 0 saturated carbocycles. The molecule has 2 N–H and O–H groups in total. The van der Waals surface area contributed by atoms with Crippen LogP contribution in [0.25, 0.3) is 11.3 Å². The number of benzene rings is 2. The first-order valence-electron chi connectivity index (χ1n) is 10.5. The fourth-order valence-electron chi connectivity index (χ4n) is 3.86. The summed E-state index contributed by atoms with van der Waals surface area (Å²) >= 11 is 0. The zero-order chi connectivity index (χ0) is 20.8. The molecule has 0 atom stereocenters. The highest BCUT2D eigenvalue weighted by Crippen LogP contribution is 2.22. The van der Waals surface area contributed by atoms with Crippen LogP contribution in [-0.4, -0.2) is 29.1 Å². The summed E-state index contributed by atoms with van der Waals surface area (Å²) in [5.74, 6) is -0.344. The molecule has 6 heteroatoms. The van der Waals surface area contributed by atoms with Gasteiger partial charge in [-0.15, -0.1) is 0 Å². The number of aromatic nitrogens is 2. The molecule has 2 aromatic carbocycles. The topological polar surface area (TPSA) is 49.8 Å². The number of rotatable bonds is 7. The van der Waals surface area contributed by atoms with E-state index in [1.54, 1.807) is 6.20 Å². The van der Waals surface area contributed by atoms with E-state index >= 15 is 0 Å². The van der Waals surface area contributed by atoms with Crippen molar-refractivity contribution in [2.24, 2.45) is 0 Å². The molecule has 1 fully saturated rings. The Morgan fingerprint density at radius 1 is 0.967 bits per heavy atom. The lowest BCUT2D eigenvalue weighted by Gasteiger charge is -2.24. The maximum absolute atomic E-state index is 13.3. The van der Waals surface area contributed by atoms with E-state index < -0.39 is 11.6 Å². The van der Waals surface area contributed by atoms with Gasteiger partial charge >= 0.3 is 0 Å². The molecule has 2 heterocycles. The van der Waals surface area contributed by atoms with Gasteiger partial charge in [0.15, 0.2) is 0 Å². The van der Waals surface area contributed by atoms with E-state index in [1.807, 2.05) is 12.1 Å². The standard InChI is InChI=1S/C24H26F2N4/c25-19-13-17(14-20(26)16-19)3-1-6-24-28-12-9-23(30-24)18-4-2-5-22(15-18)29-21-7-10-27-11-8-21/h2,4-5,9,12-16,21,27,29H,1,3,6-8,10-11H2. The van der Waals surface area contributed by atoms with Crippen molar-refractivity contribution in [3.63, 3.8) is 0 Å². The van der Waals surface area contributed by atoms with Crippen LogP contribution in [-0.2, 0) is 12.8 Å². The summed E-state index contributed by atoms with van der Waals surface area (Å²) in [5, 5.41) is 7.00. The molecule has 3 aromatic rings. The van der Waals surface area contributed by atoms with Crippen LogP contribution in [0.1, 0.15) is 30.7 Å². The highest BCUT2D eigenvalue weighted by molar-refractivity contribution is 5.65. The average Bonchev–Trinajstić information content (AvgIpc) is 2.74. The molecule has 156 valence electrons. The third-order valence-corrected chi connectivity index (χ3v) is 5.36. The van der Waals surface area contributed by atoms with Crippen LogP contribution in [0.2, 0.25) is 0 Å². The molecular formula is C24H26F2N4. The molecule has 4 rings (SSSR count). The van der Waals surface area contributed by atoms with Gasteiger partial charge < -0.3 is 10.6 Å². The highest BCUT2D eigenvalue weighted by atomic mass is 19.1. The minimum Gasteiger partial charge on any atom is -0.382 e. The zero-order valence-corrected chi connectivity index (χ0v) is 16.9. The van der Waals surface area contributed by atoms with Crippen molar-refractivity contribution < 1.29 is 8.78 Å². The van der Waals surface area contributed by atoms with E-state index in [0.29, 0.717) is 24.4 Å². The predicted octanol–water partition coefficient (Wildman–Crippen LogP) is 4.76. The molecule has 0 aliphatic carbocycles. The number of piperidine rings is 1. The Labute approximate surface area is 175 Å². The van der Waals surface area contributed by atoms with Crippen molar-refractivity contribution >= 4 is 5.69 Å². The zero-order valence-electron chi connectivity index (χ0n) is 16.9. The smallest absolute Gasteiger partial charge is 0.128 e. The Bertz CT molecular complexity index is 966. The first-order valence-corrected chi connectivity index (χ1v) is 10.5. The van der Waals surface area contributed by atoms with E-state index in [1.165, 1.54) is 12.1 Å². The van der Waals surface area contributed by atoms with Gasteiger partial charge in [0.05, 0.1) is 5.69 Å². The number of anilines is 1. The number of hydrogen-bond acceptors (Lipinski definition) is 4. The third-order valence-electron chi connectivity index (χ3n) is 5.36. The van der Waals surface area contributed by atoms with Gasteiger partial charge in [0, 0.05) is 36.0 Å². The Hall–Kier alpha value is -2.86. The fraction of sp³-hybridized carbons (Fsp3) is 0.333. The first kappa shape index (κ1) is 20.4. The van der Waals surface area contributed by atoms with Gasteiger partial charge in [0.1, 0.15) is 17.5 Å². The molecule has 4 nitrogen and oxygen atoms in total. The molecule has 30 heavy (non-hydrogen) atoms. The summed E-state index contributed by atoms with van der Waals surface area (Å²) in [6.07, 6.45) is 5.97. The lowest BCUT2D eigenvalue weighted by atomic mass is 10.1. The molecular weight excluding hydrogens is 382 g/mol. The lowest BCUT2D eigenvalue weighted by molar-refractivity contribution is 0.479.